The normalized spacial score (nSPS) is 16.2. The Bertz CT molecular complexity index is 1040. The highest BCUT2D eigenvalue weighted by Crippen LogP contribution is 2.38. The van der Waals surface area contributed by atoms with Crippen molar-refractivity contribution in [3.8, 4) is 0 Å². The van der Waals surface area contributed by atoms with E-state index in [0.717, 1.165) is 5.56 Å². The third kappa shape index (κ3) is 5.65. The number of aliphatic hydroxyl groups is 1. The van der Waals surface area contributed by atoms with Gasteiger partial charge < -0.3 is 15.1 Å². The molecule has 0 saturated carbocycles. The summed E-state index contributed by atoms with van der Waals surface area (Å²) < 4.78 is 0. The van der Waals surface area contributed by atoms with Crippen molar-refractivity contribution in [1.29, 1.82) is 0 Å². The smallest absolute Gasteiger partial charge is 0.303 e. The molecule has 1 atom stereocenters. The van der Waals surface area contributed by atoms with Crippen LogP contribution < -0.4 is 0 Å². The van der Waals surface area contributed by atoms with Gasteiger partial charge >= 0.3 is 5.97 Å². The van der Waals surface area contributed by atoms with Crippen LogP contribution in [0.25, 0.3) is 6.08 Å². The minimum Gasteiger partial charge on any atom is -0.503 e. The Morgan fingerprint density at radius 3 is 2.34 bits per heavy atom. The number of hydrogen-bond donors (Lipinski definition) is 2. The number of unbranched alkanes of at least 4 members (excludes halogenated alkanes) is 2. The van der Waals surface area contributed by atoms with Gasteiger partial charge in [-0.15, -0.1) is 0 Å². The number of allylic oxidation sites excluding steroid dienone is 1. The first-order chi connectivity index (χ1) is 15.4. The lowest BCUT2D eigenvalue weighted by Crippen LogP contribution is -2.32. The molecular formula is C25H24ClNO5. The number of nitrogens with zero attached hydrogens (tertiary/aromatic N) is 1. The van der Waals surface area contributed by atoms with Gasteiger partial charge in [0.15, 0.2) is 11.5 Å². The van der Waals surface area contributed by atoms with Crippen LogP contribution in [0.4, 0.5) is 0 Å². The third-order valence-electron chi connectivity index (χ3n) is 5.27. The number of carboxylic acids is 1. The fraction of sp³-hybridized carbons (Fsp3) is 0.240. The molecule has 0 bridgehead atoms. The predicted octanol–water partition coefficient (Wildman–Crippen LogP) is 4.96. The summed E-state index contributed by atoms with van der Waals surface area (Å²) in [6, 6.07) is 15.3. The number of rotatable bonds is 10. The molecule has 2 aromatic rings. The summed E-state index contributed by atoms with van der Waals surface area (Å²) in [4.78, 5) is 38.0. The van der Waals surface area contributed by atoms with Gasteiger partial charge in [0.2, 0.25) is 0 Å². The van der Waals surface area contributed by atoms with Crippen molar-refractivity contribution in [3.05, 3.63) is 88.2 Å². The van der Waals surface area contributed by atoms with E-state index in [-0.39, 0.29) is 18.5 Å². The summed E-state index contributed by atoms with van der Waals surface area (Å²) in [5.41, 5.74) is 1.51. The SMILES string of the molecule is O=C(O)CCCCCN1C(=O)C(O)=C(C(=O)/C=C/c2ccccc2)[C@@H]1c1ccc(Cl)cc1. The Labute approximate surface area is 191 Å². The predicted molar refractivity (Wildman–Crippen MR) is 122 cm³/mol. The number of hydrogen-bond acceptors (Lipinski definition) is 4. The zero-order valence-electron chi connectivity index (χ0n) is 17.4. The van der Waals surface area contributed by atoms with Crippen LogP contribution >= 0.6 is 11.6 Å². The van der Waals surface area contributed by atoms with Gasteiger partial charge in [0.25, 0.3) is 5.91 Å². The van der Waals surface area contributed by atoms with Crippen molar-refractivity contribution < 1.29 is 24.6 Å². The molecule has 3 rings (SSSR count). The maximum atomic E-state index is 13.0. The molecule has 32 heavy (non-hydrogen) atoms. The molecule has 6 nitrogen and oxygen atoms in total. The molecule has 1 heterocycles. The summed E-state index contributed by atoms with van der Waals surface area (Å²) in [5.74, 6) is -2.48. The van der Waals surface area contributed by atoms with Crippen LogP contribution in [0.5, 0.6) is 0 Å². The molecule has 7 heteroatoms. The van der Waals surface area contributed by atoms with Crippen molar-refractivity contribution in [1.82, 2.24) is 4.90 Å². The summed E-state index contributed by atoms with van der Waals surface area (Å²) in [5, 5.41) is 19.9. The lowest BCUT2D eigenvalue weighted by Gasteiger charge is -2.26. The summed E-state index contributed by atoms with van der Waals surface area (Å²) in [7, 11) is 0. The highest BCUT2D eigenvalue weighted by Gasteiger charge is 2.42. The van der Waals surface area contributed by atoms with E-state index in [1.54, 1.807) is 30.3 Å². The minimum atomic E-state index is -0.862. The van der Waals surface area contributed by atoms with Gasteiger partial charge in [-0.2, -0.15) is 0 Å². The molecule has 0 unspecified atom stereocenters. The van der Waals surface area contributed by atoms with Crippen LogP contribution in [0.3, 0.4) is 0 Å². The number of carboxylic acid groups (broad SMARTS) is 1. The van der Waals surface area contributed by atoms with E-state index < -0.39 is 29.5 Å². The molecule has 2 aromatic carbocycles. The Morgan fingerprint density at radius 1 is 1.00 bits per heavy atom. The molecule has 1 amide bonds. The highest BCUT2D eigenvalue weighted by atomic mass is 35.5. The zero-order chi connectivity index (χ0) is 23.1. The molecular weight excluding hydrogens is 430 g/mol. The Morgan fingerprint density at radius 2 is 1.69 bits per heavy atom. The van der Waals surface area contributed by atoms with Crippen molar-refractivity contribution >= 4 is 35.3 Å². The van der Waals surface area contributed by atoms with Crippen molar-refractivity contribution in [3.63, 3.8) is 0 Å². The molecule has 0 fully saturated rings. The van der Waals surface area contributed by atoms with E-state index in [4.69, 9.17) is 16.7 Å². The number of ketones is 1. The van der Waals surface area contributed by atoms with E-state index in [9.17, 15) is 19.5 Å². The molecule has 166 valence electrons. The van der Waals surface area contributed by atoms with E-state index in [1.807, 2.05) is 30.3 Å². The number of benzene rings is 2. The lowest BCUT2D eigenvalue weighted by atomic mass is 9.95. The van der Waals surface area contributed by atoms with Crippen LogP contribution in [0.15, 0.2) is 72.0 Å². The number of amides is 1. The van der Waals surface area contributed by atoms with Gasteiger partial charge in [-0.25, -0.2) is 0 Å². The number of carbonyl (C=O) groups excluding carboxylic acids is 2. The second-order valence-electron chi connectivity index (χ2n) is 7.53. The van der Waals surface area contributed by atoms with E-state index >= 15 is 0 Å². The molecule has 0 saturated heterocycles. The fourth-order valence-electron chi connectivity index (χ4n) is 3.69. The van der Waals surface area contributed by atoms with Crippen LogP contribution in [0.1, 0.15) is 42.9 Å². The molecule has 0 aliphatic carbocycles. The van der Waals surface area contributed by atoms with Gasteiger partial charge in [0.1, 0.15) is 0 Å². The quantitative estimate of drug-likeness (QED) is 0.391. The maximum Gasteiger partial charge on any atom is 0.303 e. The zero-order valence-corrected chi connectivity index (χ0v) is 18.2. The van der Waals surface area contributed by atoms with Crippen LogP contribution in [-0.4, -0.2) is 39.3 Å². The Kier molecular flexibility index (Phi) is 7.84. The standard InChI is InChI=1S/C25H24ClNO5/c26-19-13-11-18(12-14-19)23-22(20(28)15-10-17-7-3-1-4-8-17)24(31)25(32)27(23)16-6-2-5-9-21(29)30/h1,3-4,7-8,10-15,23,31H,2,5-6,9,16H2,(H,29,30)/b15-10+/t23-/m0/s1. The number of halogens is 1. The fourth-order valence-corrected chi connectivity index (χ4v) is 3.81. The maximum absolute atomic E-state index is 13.0. The minimum absolute atomic E-state index is 0.0232. The first kappa shape index (κ1) is 23.3. The topological polar surface area (TPSA) is 94.9 Å². The third-order valence-corrected chi connectivity index (χ3v) is 5.52. The summed E-state index contributed by atoms with van der Waals surface area (Å²) >= 11 is 6.00. The number of carbonyl (C=O) groups is 3. The number of aliphatic carboxylic acids is 1. The van der Waals surface area contributed by atoms with Gasteiger partial charge in [-0.1, -0.05) is 66.6 Å². The molecule has 0 radical (unpaired) electrons. The molecule has 2 N–H and O–H groups in total. The Balaban J connectivity index is 1.85. The van der Waals surface area contributed by atoms with E-state index in [0.29, 0.717) is 29.8 Å². The van der Waals surface area contributed by atoms with Gasteiger partial charge in [-0.05, 0) is 42.2 Å². The van der Waals surface area contributed by atoms with E-state index in [1.165, 1.54) is 11.0 Å². The van der Waals surface area contributed by atoms with Crippen molar-refractivity contribution in [2.24, 2.45) is 0 Å². The van der Waals surface area contributed by atoms with E-state index in [2.05, 4.69) is 0 Å². The first-order valence-corrected chi connectivity index (χ1v) is 10.7. The first-order valence-electron chi connectivity index (χ1n) is 10.4. The Hall–Kier alpha value is -3.38. The average Bonchev–Trinajstić information content (AvgIpc) is 3.03. The second kappa shape index (κ2) is 10.8. The van der Waals surface area contributed by atoms with Crippen molar-refractivity contribution in [2.75, 3.05) is 6.54 Å². The lowest BCUT2D eigenvalue weighted by molar-refractivity contribution is -0.137. The molecule has 0 spiro atoms. The highest BCUT2D eigenvalue weighted by molar-refractivity contribution is 6.30. The van der Waals surface area contributed by atoms with Crippen LogP contribution in [-0.2, 0) is 14.4 Å². The average molecular weight is 454 g/mol. The summed E-state index contributed by atoms with van der Waals surface area (Å²) in [6.45, 7) is 0.287. The second-order valence-corrected chi connectivity index (χ2v) is 7.96. The monoisotopic (exact) mass is 453 g/mol. The van der Waals surface area contributed by atoms with Crippen molar-refractivity contribution in [2.45, 2.75) is 31.7 Å². The largest absolute Gasteiger partial charge is 0.503 e. The van der Waals surface area contributed by atoms with Gasteiger partial charge in [-0.3, -0.25) is 14.4 Å². The molecule has 1 aliphatic rings. The molecule has 1 aliphatic heterocycles. The van der Waals surface area contributed by atoms with Crippen LogP contribution in [0.2, 0.25) is 5.02 Å². The van der Waals surface area contributed by atoms with Gasteiger partial charge in [0, 0.05) is 18.0 Å². The summed E-state index contributed by atoms with van der Waals surface area (Å²) in [6.07, 6.45) is 4.72. The molecule has 0 aromatic heterocycles. The van der Waals surface area contributed by atoms with Gasteiger partial charge in [0.05, 0.1) is 11.6 Å². The number of aliphatic hydroxyl groups excluding tert-OH is 1. The van der Waals surface area contributed by atoms with Crippen LogP contribution in [0, 0.1) is 0 Å².